The number of nitrogens with two attached hydrogens (primary N) is 1. The highest BCUT2D eigenvalue weighted by Gasteiger charge is 2.39. The fraction of sp³-hybridized carbons (Fsp3) is 0.533. The molecule has 1 fully saturated rings. The Hall–Kier alpha value is -1.35. The molecular weight excluding hydrogens is 224 g/mol. The predicted octanol–water partition coefficient (Wildman–Crippen LogP) is 1.96. The first kappa shape index (κ1) is 13.1. The monoisotopic (exact) mass is 246 g/mol. The molecule has 98 valence electrons. The minimum absolute atomic E-state index is 0.116. The number of carbonyl (C=O) groups excluding carboxylic acids is 1. The number of nitrogens with zero attached hydrogens (tertiary/aromatic N) is 1. The molecule has 1 aromatic carbocycles. The summed E-state index contributed by atoms with van der Waals surface area (Å²) in [5, 5.41) is 0. The van der Waals surface area contributed by atoms with E-state index in [1.807, 2.05) is 23.1 Å². The van der Waals surface area contributed by atoms with Gasteiger partial charge in [0.15, 0.2) is 0 Å². The van der Waals surface area contributed by atoms with E-state index in [0.717, 1.165) is 32.4 Å². The molecule has 1 amide bonds. The van der Waals surface area contributed by atoms with E-state index in [0.29, 0.717) is 6.42 Å². The normalized spacial score (nSPS) is 17.3. The molecule has 2 N–H and O–H groups in total. The zero-order valence-electron chi connectivity index (χ0n) is 11.1. The van der Waals surface area contributed by atoms with Crippen molar-refractivity contribution < 1.29 is 4.79 Å². The van der Waals surface area contributed by atoms with Gasteiger partial charge in [0, 0.05) is 19.5 Å². The zero-order valence-corrected chi connectivity index (χ0v) is 11.1. The van der Waals surface area contributed by atoms with Crippen molar-refractivity contribution in [1.29, 1.82) is 0 Å². The number of rotatable bonds is 5. The third-order valence-electron chi connectivity index (χ3n) is 3.77. The van der Waals surface area contributed by atoms with Crippen molar-refractivity contribution in [3.05, 3.63) is 35.9 Å². The lowest BCUT2D eigenvalue weighted by molar-refractivity contribution is -0.138. The van der Waals surface area contributed by atoms with Crippen LogP contribution < -0.4 is 5.73 Å². The van der Waals surface area contributed by atoms with Crippen LogP contribution in [0.1, 0.15) is 31.7 Å². The van der Waals surface area contributed by atoms with Gasteiger partial charge >= 0.3 is 0 Å². The maximum atomic E-state index is 11.9. The summed E-state index contributed by atoms with van der Waals surface area (Å²) in [7, 11) is 0. The van der Waals surface area contributed by atoms with Crippen molar-refractivity contribution in [2.45, 2.75) is 38.1 Å². The van der Waals surface area contributed by atoms with Crippen molar-refractivity contribution >= 4 is 5.91 Å². The minimum atomic E-state index is -0.116. The highest BCUT2D eigenvalue weighted by molar-refractivity contribution is 5.77. The molecule has 18 heavy (non-hydrogen) atoms. The molecule has 1 heterocycles. The average molecular weight is 246 g/mol. The third kappa shape index (κ3) is 3.10. The smallest absolute Gasteiger partial charge is 0.222 e. The van der Waals surface area contributed by atoms with Gasteiger partial charge in [-0.15, -0.1) is 0 Å². The standard InChI is InChI=1S/C15H22N2O/c1-2-15(16)11-17(12-15)14(18)10-6-9-13-7-4-3-5-8-13/h3-5,7-8H,2,6,9-12,16H2,1H3. The molecule has 3 heteroatoms. The SMILES string of the molecule is CCC1(N)CN(C(=O)CCCc2ccccc2)C1. The summed E-state index contributed by atoms with van der Waals surface area (Å²) in [5.74, 6) is 0.250. The Morgan fingerprint density at radius 2 is 2.00 bits per heavy atom. The van der Waals surface area contributed by atoms with E-state index in [9.17, 15) is 4.79 Å². The first-order valence-electron chi connectivity index (χ1n) is 6.73. The summed E-state index contributed by atoms with van der Waals surface area (Å²) >= 11 is 0. The van der Waals surface area contributed by atoms with Crippen molar-refractivity contribution in [1.82, 2.24) is 4.90 Å². The van der Waals surface area contributed by atoms with Gasteiger partial charge in [0.1, 0.15) is 0 Å². The lowest BCUT2D eigenvalue weighted by atomic mass is 9.88. The lowest BCUT2D eigenvalue weighted by Gasteiger charge is -2.47. The Labute approximate surface area is 109 Å². The van der Waals surface area contributed by atoms with E-state index in [1.54, 1.807) is 0 Å². The van der Waals surface area contributed by atoms with E-state index in [4.69, 9.17) is 5.73 Å². The molecule has 0 bridgehead atoms. The Kier molecular flexibility index (Phi) is 4.02. The van der Waals surface area contributed by atoms with Gasteiger partial charge in [0.05, 0.1) is 5.54 Å². The van der Waals surface area contributed by atoms with Gasteiger partial charge in [0.2, 0.25) is 5.91 Å². The molecule has 2 rings (SSSR count). The molecule has 3 nitrogen and oxygen atoms in total. The van der Waals surface area contributed by atoms with Crippen molar-refractivity contribution in [3.63, 3.8) is 0 Å². The number of benzene rings is 1. The van der Waals surface area contributed by atoms with Crippen LogP contribution in [-0.2, 0) is 11.2 Å². The molecule has 0 spiro atoms. The molecule has 0 aromatic heterocycles. The van der Waals surface area contributed by atoms with Crippen molar-refractivity contribution in [2.75, 3.05) is 13.1 Å². The van der Waals surface area contributed by atoms with Crippen LogP contribution in [0.4, 0.5) is 0 Å². The van der Waals surface area contributed by atoms with Crippen LogP contribution in [0.3, 0.4) is 0 Å². The average Bonchev–Trinajstić information content (AvgIpc) is 2.36. The Balaban J connectivity index is 1.68. The highest BCUT2D eigenvalue weighted by atomic mass is 16.2. The summed E-state index contributed by atoms with van der Waals surface area (Å²) in [6.45, 7) is 3.54. The molecule has 1 aliphatic heterocycles. The van der Waals surface area contributed by atoms with Crippen LogP contribution in [-0.4, -0.2) is 29.4 Å². The quantitative estimate of drug-likeness (QED) is 0.863. The topological polar surface area (TPSA) is 46.3 Å². The number of carbonyl (C=O) groups is 1. The summed E-state index contributed by atoms with van der Waals surface area (Å²) < 4.78 is 0. The van der Waals surface area contributed by atoms with Gasteiger partial charge < -0.3 is 10.6 Å². The highest BCUT2D eigenvalue weighted by Crippen LogP contribution is 2.22. The second-order valence-electron chi connectivity index (χ2n) is 5.30. The van der Waals surface area contributed by atoms with Gasteiger partial charge in [-0.25, -0.2) is 0 Å². The van der Waals surface area contributed by atoms with Gasteiger partial charge in [-0.3, -0.25) is 4.79 Å². The summed E-state index contributed by atoms with van der Waals surface area (Å²) in [5.41, 5.74) is 7.24. The molecule has 0 radical (unpaired) electrons. The Morgan fingerprint density at radius 1 is 1.33 bits per heavy atom. The molecule has 0 atom stereocenters. The number of hydrogen-bond donors (Lipinski definition) is 1. The van der Waals surface area contributed by atoms with Crippen LogP contribution in [0.5, 0.6) is 0 Å². The fourth-order valence-corrected chi connectivity index (χ4v) is 2.36. The second kappa shape index (κ2) is 5.53. The van der Waals surface area contributed by atoms with Crippen molar-refractivity contribution in [2.24, 2.45) is 5.73 Å². The van der Waals surface area contributed by atoms with Crippen LogP contribution in [0.15, 0.2) is 30.3 Å². The largest absolute Gasteiger partial charge is 0.339 e. The molecular formula is C15H22N2O. The van der Waals surface area contributed by atoms with Gasteiger partial charge in [-0.1, -0.05) is 37.3 Å². The third-order valence-corrected chi connectivity index (χ3v) is 3.77. The van der Waals surface area contributed by atoms with Crippen molar-refractivity contribution in [3.8, 4) is 0 Å². The molecule has 0 aliphatic carbocycles. The molecule has 0 unspecified atom stereocenters. The Bertz CT molecular complexity index is 396. The first-order valence-corrected chi connectivity index (χ1v) is 6.73. The van der Waals surface area contributed by atoms with E-state index in [1.165, 1.54) is 5.56 Å². The second-order valence-corrected chi connectivity index (χ2v) is 5.30. The molecule has 1 aromatic rings. The summed E-state index contributed by atoms with van der Waals surface area (Å²) in [6, 6.07) is 10.3. The number of likely N-dealkylation sites (tertiary alicyclic amines) is 1. The van der Waals surface area contributed by atoms with E-state index in [-0.39, 0.29) is 11.4 Å². The summed E-state index contributed by atoms with van der Waals surface area (Å²) in [4.78, 5) is 13.8. The fourth-order valence-electron chi connectivity index (χ4n) is 2.36. The predicted molar refractivity (Wildman–Crippen MR) is 73.2 cm³/mol. The maximum absolute atomic E-state index is 11.9. The van der Waals surface area contributed by atoms with Crippen LogP contribution in [0, 0.1) is 0 Å². The van der Waals surface area contributed by atoms with Gasteiger partial charge in [-0.2, -0.15) is 0 Å². The van der Waals surface area contributed by atoms with E-state index >= 15 is 0 Å². The Morgan fingerprint density at radius 3 is 2.61 bits per heavy atom. The summed E-state index contributed by atoms with van der Waals surface area (Å²) in [6.07, 6.45) is 3.47. The number of hydrogen-bond acceptors (Lipinski definition) is 2. The van der Waals surface area contributed by atoms with Crippen LogP contribution in [0.2, 0.25) is 0 Å². The zero-order chi connectivity index (χ0) is 13.0. The van der Waals surface area contributed by atoms with Gasteiger partial charge in [0.25, 0.3) is 0 Å². The number of amides is 1. The van der Waals surface area contributed by atoms with E-state index < -0.39 is 0 Å². The minimum Gasteiger partial charge on any atom is -0.339 e. The number of aryl methyl sites for hydroxylation is 1. The molecule has 1 saturated heterocycles. The molecule has 1 aliphatic rings. The van der Waals surface area contributed by atoms with Crippen LogP contribution >= 0.6 is 0 Å². The first-order chi connectivity index (χ1) is 8.63. The van der Waals surface area contributed by atoms with Crippen LogP contribution in [0.25, 0.3) is 0 Å². The van der Waals surface area contributed by atoms with E-state index in [2.05, 4.69) is 19.1 Å². The lowest BCUT2D eigenvalue weighted by Crippen LogP contribution is -2.68. The maximum Gasteiger partial charge on any atom is 0.222 e. The van der Waals surface area contributed by atoms with Gasteiger partial charge in [-0.05, 0) is 24.8 Å². The molecule has 0 saturated carbocycles.